The Balaban J connectivity index is 2.46. The first-order valence-corrected chi connectivity index (χ1v) is 3.95. The van der Waals surface area contributed by atoms with Gasteiger partial charge in [0.05, 0.1) is 6.04 Å². The standard InChI is InChI=1S/C10H11N/c1-11-10-7-6-8-4-2-3-5-9(8)10/h2-5,10H,1,6-7H2/t10-/m1/s1. The smallest absolute Gasteiger partial charge is 0.0747 e. The zero-order valence-electron chi connectivity index (χ0n) is 6.46. The van der Waals surface area contributed by atoms with Gasteiger partial charge in [-0.3, -0.25) is 4.99 Å². The van der Waals surface area contributed by atoms with E-state index in [1.807, 2.05) is 0 Å². The summed E-state index contributed by atoms with van der Waals surface area (Å²) >= 11 is 0. The number of hydrogen-bond donors (Lipinski definition) is 0. The topological polar surface area (TPSA) is 12.4 Å². The Kier molecular flexibility index (Phi) is 1.50. The molecule has 1 aromatic carbocycles. The van der Waals surface area contributed by atoms with Crippen LogP contribution in [0, 0.1) is 0 Å². The molecule has 11 heavy (non-hydrogen) atoms. The highest BCUT2D eigenvalue weighted by molar-refractivity contribution is 5.37. The minimum Gasteiger partial charge on any atom is -0.293 e. The molecule has 0 amide bonds. The average Bonchev–Trinajstić information content (AvgIpc) is 2.47. The Morgan fingerprint density at radius 3 is 3.00 bits per heavy atom. The molecule has 1 heteroatoms. The van der Waals surface area contributed by atoms with Crippen molar-refractivity contribution in [2.45, 2.75) is 18.9 Å². The highest BCUT2D eigenvalue weighted by Crippen LogP contribution is 2.32. The van der Waals surface area contributed by atoms with Crippen LogP contribution >= 0.6 is 0 Å². The highest BCUT2D eigenvalue weighted by Gasteiger charge is 2.19. The molecule has 0 aliphatic heterocycles. The second-order valence-electron chi connectivity index (χ2n) is 2.94. The van der Waals surface area contributed by atoms with E-state index in [-0.39, 0.29) is 0 Å². The number of benzene rings is 1. The number of hydrogen-bond acceptors (Lipinski definition) is 1. The predicted octanol–water partition coefficient (Wildman–Crippen LogP) is 2.37. The molecule has 0 radical (unpaired) electrons. The molecule has 56 valence electrons. The van der Waals surface area contributed by atoms with Crippen molar-refractivity contribution in [3.63, 3.8) is 0 Å². The summed E-state index contributed by atoms with van der Waals surface area (Å²) in [6.45, 7) is 3.59. The highest BCUT2D eigenvalue weighted by atomic mass is 14.8. The minimum absolute atomic E-state index is 0.367. The normalized spacial score (nSPS) is 21.3. The van der Waals surface area contributed by atoms with Crippen LogP contribution in [0.2, 0.25) is 0 Å². The van der Waals surface area contributed by atoms with Crippen LogP contribution in [0.15, 0.2) is 29.3 Å². The lowest BCUT2D eigenvalue weighted by atomic mass is 10.1. The summed E-state index contributed by atoms with van der Waals surface area (Å²) in [5.41, 5.74) is 2.83. The second kappa shape index (κ2) is 2.50. The molecule has 0 N–H and O–H groups in total. The lowest BCUT2D eigenvalue weighted by molar-refractivity contribution is 0.721. The third-order valence-electron chi connectivity index (χ3n) is 2.32. The maximum Gasteiger partial charge on any atom is 0.0747 e. The predicted molar refractivity (Wildman–Crippen MR) is 47.1 cm³/mol. The van der Waals surface area contributed by atoms with Gasteiger partial charge >= 0.3 is 0 Å². The van der Waals surface area contributed by atoms with Gasteiger partial charge in [-0.2, -0.15) is 0 Å². The third kappa shape index (κ3) is 0.967. The van der Waals surface area contributed by atoms with E-state index >= 15 is 0 Å². The molecule has 0 heterocycles. The molecule has 1 nitrogen and oxygen atoms in total. The average molecular weight is 145 g/mol. The van der Waals surface area contributed by atoms with Crippen molar-refractivity contribution in [3.05, 3.63) is 35.4 Å². The molecule has 0 fully saturated rings. The summed E-state index contributed by atoms with van der Waals surface area (Å²) in [6, 6.07) is 8.86. The molecular formula is C10H11N. The molecule has 1 aliphatic rings. The summed E-state index contributed by atoms with van der Waals surface area (Å²) in [4.78, 5) is 4.08. The summed E-state index contributed by atoms with van der Waals surface area (Å²) in [6.07, 6.45) is 2.31. The van der Waals surface area contributed by atoms with Crippen molar-refractivity contribution in [1.82, 2.24) is 0 Å². The third-order valence-corrected chi connectivity index (χ3v) is 2.32. The number of nitrogens with zero attached hydrogens (tertiary/aromatic N) is 1. The lowest BCUT2D eigenvalue weighted by Gasteiger charge is -2.02. The van der Waals surface area contributed by atoms with E-state index in [1.54, 1.807) is 0 Å². The number of aliphatic imine (C=N–C) groups is 1. The molecule has 2 rings (SSSR count). The second-order valence-corrected chi connectivity index (χ2v) is 2.94. The molecule has 0 spiro atoms. The fourth-order valence-electron chi connectivity index (χ4n) is 1.72. The zero-order valence-corrected chi connectivity index (χ0v) is 6.46. The molecule has 0 saturated carbocycles. The van der Waals surface area contributed by atoms with Gasteiger partial charge in [-0.15, -0.1) is 0 Å². The van der Waals surface area contributed by atoms with Gasteiger partial charge in [0, 0.05) is 0 Å². The van der Waals surface area contributed by atoms with Crippen LogP contribution in [0.3, 0.4) is 0 Å². The Labute approximate surface area is 66.8 Å². The number of rotatable bonds is 1. The van der Waals surface area contributed by atoms with Crippen molar-refractivity contribution < 1.29 is 0 Å². The molecule has 0 aromatic heterocycles. The Morgan fingerprint density at radius 1 is 1.36 bits per heavy atom. The largest absolute Gasteiger partial charge is 0.293 e. The van der Waals surface area contributed by atoms with Gasteiger partial charge in [0.2, 0.25) is 0 Å². The van der Waals surface area contributed by atoms with Crippen LogP contribution in [0.4, 0.5) is 0 Å². The van der Waals surface area contributed by atoms with Gasteiger partial charge in [0.25, 0.3) is 0 Å². The first-order chi connectivity index (χ1) is 5.42. The lowest BCUT2D eigenvalue weighted by Crippen LogP contribution is -1.86. The van der Waals surface area contributed by atoms with Crippen molar-refractivity contribution >= 4 is 6.72 Å². The molecule has 0 bridgehead atoms. The van der Waals surface area contributed by atoms with Gasteiger partial charge in [0.1, 0.15) is 0 Å². The van der Waals surface area contributed by atoms with Crippen LogP contribution in [-0.4, -0.2) is 6.72 Å². The van der Waals surface area contributed by atoms with Crippen LogP contribution in [-0.2, 0) is 6.42 Å². The summed E-state index contributed by atoms with van der Waals surface area (Å²) in [7, 11) is 0. The monoisotopic (exact) mass is 145 g/mol. The van der Waals surface area contributed by atoms with Crippen LogP contribution in [0.25, 0.3) is 0 Å². The fourth-order valence-corrected chi connectivity index (χ4v) is 1.72. The molecule has 1 atom stereocenters. The first kappa shape index (κ1) is 6.59. The van der Waals surface area contributed by atoms with Crippen molar-refractivity contribution in [2.75, 3.05) is 0 Å². The van der Waals surface area contributed by atoms with Gasteiger partial charge < -0.3 is 0 Å². The van der Waals surface area contributed by atoms with Crippen LogP contribution in [0.1, 0.15) is 23.6 Å². The van der Waals surface area contributed by atoms with E-state index in [0.717, 1.165) is 6.42 Å². The summed E-state index contributed by atoms with van der Waals surface area (Å²) in [5.74, 6) is 0. The van der Waals surface area contributed by atoms with Gasteiger partial charge in [0.15, 0.2) is 0 Å². The minimum atomic E-state index is 0.367. The SMILES string of the molecule is C=N[C@@H]1CCc2ccccc21. The maximum atomic E-state index is 4.08. The Morgan fingerprint density at radius 2 is 2.18 bits per heavy atom. The van der Waals surface area contributed by atoms with E-state index in [4.69, 9.17) is 0 Å². The van der Waals surface area contributed by atoms with Crippen LogP contribution in [0.5, 0.6) is 0 Å². The van der Waals surface area contributed by atoms with E-state index in [9.17, 15) is 0 Å². The first-order valence-electron chi connectivity index (χ1n) is 3.95. The maximum absolute atomic E-state index is 4.08. The van der Waals surface area contributed by atoms with Crippen molar-refractivity contribution in [2.24, 2.45) is 4.99 Å². The quantitative estimate of drug-likeness (QED) is 0.538. The Bertz CT molecular complexity index is 278. The van der Waals surface area contributed by atoms with Gasteiger partial charge in [-0.1, -0.05) is 24.3 Å². The fraction of sp³-hybridized carbons (Fsp3) is 0.300. The van der Waals surface area contributed by atoms with Crippen LogP contribution < -0.4 is 0 Å². The molecule has 1 aromatic rings. The van der Waals surface area contributed by atoms with Gasteiger partial charge in [-0.05, 0) is 30.7 Å². The number of fused-ring (bicyclic) bond motifs is 1. The van der Waals surface area contributed by atoms with Crippen molar-refractivity contribution in [3.8, 4) is 0 Å². The molecule has 0 saturated heterocycles. The van der Waals surface area contributed by atoms with E-state index in [2.05, 4.69) is 36.0 Å². The van der Waals surface area contributed by atoms with Crippen molar-refractivity contribution in [1.29, 1.82) is 0 Å². The van der Waals surface area contributed by atoms with E-state index in [1.165, 1.54) is 17.5 Å². The van der Waals surface area contributed by atoms with E-state index in [0.29, 0.717) is 6.04 Å². The summed E-state index contributed by atoms with van der Waals surface area (Å²) in [5, 5.41) is 0. The molecule has 0 unspecified atom stereocenters. The van der Waals surface area contributed by atoms with Gasteiger partial charge in [-0.25, -0.2) is 0 Å². The molecular weight excluding hydrogens is 134 g/mol. The number of aryl methyl sites for hydroxylation is 1. The summed E-state index contributed by atoms with van der Waals surface area (Å²) < 4.78 is 0. The Hall–Kier alpha value is -1.11. The zero-order chi connectivity index (χ0) is 7.68. The molecule has 1 aliphatic carbocycles. The van der Waals surface area contributed by atoms with E-state index < -0.39 is 0 Å².